The third-order valence-electron chi connectivity index (χ3n) is 5.41. The van der Waals surface area contributed by atoms with Crippen molar-refractivity contribution in [2.24, 2.45) is 11.8 Å². The number of alkyl halides is 2. The molecule has 0 spiro atoms. The Morgan fingerprint density at radius 3 is 2.64 bits per heavy atom. The van der Waals surface area contributed by atoms with Gasteiger partial charge in [0.05, 0.1) is 32.1 Å². The average molecular weight is 393 g/mol. The predicted molar refractivity (Wildman–Crippen MR) is 94.3 cm³/mol. The fourth-order valence-corrected chi connectivity index (χ4v) is 3.70. The molecule has 2 fully saturated rings. The normalized spacial score (nSPS) is 22.2. The van der Waals surface area contributed by atoms with E-state index in [9.17, 15) is 13.6 Å². The van der Waals surface area contributed by atoms with E-state index in [4.69, 9.17) is 9.47 Å². The van der Waals surface area contributed by atoms with Gasteiger partial charge in [0.15, 0.2) is 0 Å². The summed E-state index contributed by atoms with van der Waals surface area (Å²) in [6.07, 6.45) is 3.28. The zero-order valence-electron chi connectivity index (χ0n) is 15.9. The number of hydrogen-bond acceptors (Lipinski definition) is 7. The van der Waals surface area contributed by atoms with Crippen molar-refractivity contribution >= 4 is 11.9 Å². The molecule has 2 aromatic heterocycles. The van der Waals surface area contributed by atoms with Gasteiger partial charge in [0.1, 0.15) is 11.3 Å². The number of ether oxygens (including phenoxy) is 2. The monoisotopic (exact) mass is 393 g/mol. The molecular formula is C18H21F2N5O3. The molecule has 2 atom stereocenters. The first-order chi connectivity index (χ1) is 13.3. The fraction of sp³-hybridized carbons (Fsp3) is 0.556. The van der Waals surface area contributed by atoms with Crippen molar-refractivity contribution in [3.63, 3.8) is 0 Å². The van der Waals surface area contributed by atoms with Crippen molar-refractivity contribution in [3.8, 4) is 0 Å². The Bertz CT molecular complexity index is 903. The van der Waals surface area contributed by atoms with Gasteiger partial charge in [0.25, 0.3) is 5.92 Å². The van der Waals surface area contributed by atoms with Crippen molar-refractivity contribution < 1.29 is 23.0 Å². The SMILES string of the molecule is COCc1nn(Cc2cnc(N3CC4C(C3)C4(F)F)nc2C)cc1C(=O)OC. The van der Waals surface area contributed by atoms with Crippen LogP contribution >= 0.6 is 0 Å². The van der Waals surface area contributed by atoms with Crippen LogP contribution in [-0.2, 0) is 22.6 Å². The molecule has 150 valence electrons. The highest BCUT2D eigenvalue weighted by molar-refractivity contribution is 5.90. The van der Waals surface area contributed by atoms with E-state index in [1.807, 2.05) is 11.8 Å². The van der Waals surface area contributed by atoms with Crippen molar-refractivity contribution in [1.29, 1.82) is 0 Å². The van der Waals surface area contributed by atoms with Crippen LogP contribution in [0.5, 0.6) is 0 Å². The van der Waals surface area contributed by atoms with Gasteiger partial charge < -0.3 is 14.4 Å². The van der Waals surface area contributed by atoms with Gasteiger partial charge in [-0.05, 0) is 6.92 Å². The highest BCUT2D eigenvalue weighted by Crippen LogP contribution is 2.59. The number of anilines is 1. The topological polar surface area (TPSA) is 82.4 Å². The summed E-state index contributed by atoms with van der Waals surface area (Å²) in [5.41, 5.74) is 2.39. The summed E-state index contributed by atoms with van der Waals surface area (Å²) in [5.74, 6) is -3.68. The van der Waals surface area contributed by atoms with Gasteiger partial charge in [-0.1, -0.05) is 0 Å². The van der Waals surface area contributed by atoms with Crippen LogP contribution in [0.2, 0.25) is 0 Å². The Morgan fingerprint density at radius 2 is 2.04 bits per heavy atom. The van der Waals surface area contributed by atoms with Crippen LogP contribution < -0.4 is 4.90 Å². The van der Waals surface area contributed by atoms with Gasteiger partial charge in [-0.15, -0.1) is 0 Å². The van der Waals surface area contributed by atoms with Crippen LogP contribution in [-0.4, -0.2) is 58.9 Å². The van der Waals surface area contributed by atoms with Gasteiger partial charge >= 0.3 is 5.97 Å². The minimum absolute atomic E-state index is 0.188. The molecule has 4 rings (SSSR count). The first-order valence-electron chi connectivity index (χ1n) is 8.94. The molecule has 10 heteroatoms. The standard InChI is InChI=1S/C18H21F2N5O3/c1-10-11(5-25-6-12(16(26)28-3)15(23-25)9-27-2)4-21-17(22-10)24-7-13-14(8-24)18(13,19)20/h4,6,13-14H,5,7-9H2,1-3H3. The lowest BCUT2D eigenvalue weighted by molar-refractivity contribution is 0.0595. The Morgan fingerprint density at radius 1 is 1.32 bits per heavy atom. The first kappa shape index (κ1) is 18.7. The second-order valence-electron chi connectivity index (χ2n) is 7.18. The highest BCUT2D eigenvalue weighted by Gasteiger charge is 2.72. The molecule has 3 heterocycles. The number of carbonyl (C=O) groups is 1. The number of rotatable bonds is 6. The van der Waals surface area contributed by atoms with Crippen molar-refractivity contribution in [1.82, 2.24) is 19.7 Å². The number of esters is 1. The molecule has 0 N–H and O–H groups in total. The molecular weight excluding hydrogens is 372 g/mol. The summed E-state index contributed by atoms with van der Waals surface area (Å²) in [6.45, 7) is 2.97. The zero-order chi connectivity index (χ0) is 20.1. The number of carbonyl (C=O) groups excluding carboxylic acids is 1. The van der Waals surface area contributed by atoms with E-state index in [-0.39, 0.29) is 6.61 Å². The summed E-state index contributed by atoms with van der Waals surface area (Å²) in [7, 11) is 2.83. The third kappa shape index (κ3) is 3.11. The molecule has 8 nitrogen and oxygen atoms in total. The Kier molecular flexibility index (Phi) is 4.53. The molecule has 1 aliphatic heterocycles. The Balaban J connectivity index is 1.49. The van der Waals surface area contributed by atoms with E-state index >= 15 is 0 Å². The lowest BCUT2D eigenvalue weighted by Crippen LogP contribution is -2.29. The van der Waals surface area contributed by atoms with Crippen LogP contribution in [0.3, 0.4) is 0 Å². The molecule has 28 heavy (non-hydrogen) atoms. The summed E-state index contributed by atoms with van der Waals surface area (Å²) in [4.78, 5) is 22.5. The lowest BCUT2D eigenvalue weighted by Gasteiger charge is -2.20. The van der Waals surface area contributed by atoms with E-state index in [0.717, 1.165) is 11.3 Å². The van der Waals surface area contributed by atoms with Crippen LogP contribution in [0.15, 0.2) is 12.4 Å². The highest BCUT2D eigenvalue weighted by atomic mass is 19.3. The van der Waals surface area contributed by atoms with Crippen molar-refractivity contribution in [2.75, 3.05) is 32.2 Å². The molecule has 0 radical (unpaired) electrons. The predicted octanol–water partition coefficient (Wildman–Crippen LogP) is 1.66. The molecule has 2 aliphatic rings. The van der Waals surface area contributed by atoms with Crippen LogP contribution in [0, 0.1) is 18.8 Å². The molecule has 1 saturated heterocycles. The summed E-state index contributed by atoms with van der Waals surface area (Å²) >= 11 is 0. The number of aromatic nitrogens is 4. The second kappa shape index (κ2) is 6.77. The number of methoxy groups -OCH3 is 2. The molecule has 1 saturated carbocycles. The number of halogens is 2. The number of piperidine rings is 1. The van der Waals surface area contributed by atoms with Crippen LogP contribution in [0.4, 0.5) is 14.7 Å². The minimum atomic E-state index is -2.52. The average Bonchev–Trinajstić information content (AvgIpc) is 3.09. The number of aryl methyl sites for hydroxylation is 1. The summed E-state index contributed by atoms with van der Waals surface area (Å²) < 4.78 is 38.2. The maximum Gasteiger partial charge on any atom is 0.341 e. The molecule has 0 bridgehead atoms. The molecule has 0 amide bonds. The second-order valence-corrected chi connectivity index (χ2v) is 7.18. The smallest absolute Gasteiger partial charge is 0.341 e. The van der Waals surface area contributed by atoms with Gasteiger partial charge in [-0.3, -0.25) is 4.68 Å². The third-order valence-corrected chi connectivity index (χ3v) is 5.41. The number of fused-ring (bicyclic) bond motifs is 1. The fourth-order valence-electron chi connectivity index (χ4n) is 3.70. The quantitative estimate of drug-likeness (QED) is 0.691. The first-order valence-corrected chi connectivity index (χ1v) is 8.94. The van der Waals surface area contributed by atoms with E-state index in [1.54, 1.807) is 17.1 Å². The largest absolute Gasteiger partial charge is 0.465 e. The van der Waals surface area contributed by atoms with Crippen LogP contribution in [0.25, 0.3) is 0 Å². The molecule has 0 aromatic carbocycles. The molecule has 2 unspecified atom stereocenters. The lowest BCUT2D eigenvalue weighted by atomic mass is 10.2. The van der Waals surface area contributed by atoms with Crippen molar-refractivity contribution in [2.45, 2.75) is 26.0 Å². The molecule has 2 aromatic rings. The summed E-state index contributed by atoms with van der Waals surface area (Å²) in [5, 5.41) is 4.38. The van der Waals surface area contributed by atoms with Crippen LogP contribution in [0.1, 0.15) is 27.3 Å². The summed E-state index contributed by atoms with van der Waals surface area (Å²) in [6, 6.07) is 0. The van der Waals surface area contributed by atoms with Gasteiger partial charge in [-0.2, -0.15) is 5.10 Å². The van der Waals surface area contributed by atoms with E-state index in [1.165, 1.54) is 14.2 Å². The van der Waals surface area contributed by atoms with Gasteiger partial charge in [0.2, 0.25) is 5.95 Å². The molecule has 1 aliphatic carbocycles. The Labute approximate surface area is 160 Å². The van der Waals surface area contributed by atoms with Gasteiger partial charge in [-0.25, -0.2) is 23.5 Å². The number of nitrogens with zero attached hydrogens (tertiary/aromatic N) is 5. The maximum atomic E-state index is 13.4. The maximum absolute atomic E-state index is 13.4. The number of hydrogen-bond donors (Lipinski definition) is 0. The van der Waals surface area contributed by atoms with Gasteiger partial charge in [0, 0.05) is 43.9 Å². The van der Waals surface area contributed by atoms with E-state index < -0.39 is 23.7 Å². The Hall–Kier alpha value is -2.62. The minimum Gasteiger partial charge on any atom is -0.465 e. The van der Waals surface area contributed by atoms with E-state index in [2.05, 4.69) is 15.1 Å². The zero-order valence-corrected chi connectivity index (χ0v) is 15.9. The van der Waals surface area contributed by atoms with E-state index in [0.29, 0.717) is 36.8 Å². The van der Waals surface area contributed by atoms with Crippen molar-refractivity contribution in [3.05, 3.63) is 34.9 Å².